The minimum Gasteiger partial charge on any atom is -0.497 e. The minimum absolute atomic E-state index is 0.0153. The van der Waals surface area contributed by atoms with E-state index in [1.165, 1.54) is 4.90 Å². The monoisotopic (exact) mass is 643 g/mol. The van der Waals surface area contributed by atoms with Crippen molar-refractivity contribution in [1.29, 1.82) is 0 Å². The SMILES string of the molecule is COc1ccc(CN(C(=O)CN(Cc2ccccc2)S(C)(=O)=O)[C@H](Cc2ccccc2)C(=O)NCc2ccc3c(c2)OCO3)cc1. The second-order valence-corrected chi connectivity index (χ2v) is 13.0. The van der Waals surface area contributed by atoms with Crippen molar-refractivity contribution < 1.29 is 32.2 Å². The zero-order chi connectivity index (χ0) is 32.5. The summed E-state index contributed by atoms with van der Waals surface area (Å²) in [6.07, 6.45) is 1.30. The maximum Gasteiger partial charge on any atom is 0.243 e. The number of hydrogen-bond acceptors (Lipinski definition) is 7. The van der Waals surface area contributed by atoms with Crippen molar-refractivity contribution in [2.24, 2.45) is 0 Å². The number of methoxy groups -OCH3 is 1. The molecule has 0 fully saturated rings. The Bertz CT molecular complexity index is 1730. The van der Waals surface area contributed by atoms with Crippen LogP contribution in [0.5, 0.6) is 17.2 Å². The number of sulfonamides is 1. The summed E-state index contributed by atoms with van der Waals surface area (Å²) in [5.41, 5.74) is 3.15. The highest BCUT2D eigenvalue weighted by Crippen LogP contribution is 2.32. The smallest absolute Gasteiger partial charge is 0.243 e. The third-order valence-electron chi connectivity index (χ3n) is 7.67. The van der Waals surface area contributed by atoms with Crippen LogP contribution in [0.25, 0.3) is 0 Å². The molecule has 0 spiro atoms. The van der Waals surface area contributed by atoms with E-state index in [-0.39, 0.29) is 38.8 Å². The van der Waals surface area contributed by atoms with Gasteiger partial charge in [0.2, 0.25) is 28.6 Å². The molecule has 10 nitrogen and oxygen atoms in total. The van der Waals surface area contributed by atoms with Gasteiger partial charge < -0.3 is 24.4 Å². The molecule has 2 amide bonds. The molecule has 1 heterocycles. The number of carbonyl (C=O) groups excluding carboxylic acids is 2. The average molecular weight is 644 g/mol. The first-order chi connectivity index (χ1) is 22.2. The molecule has 0 aliphatic carbocycles. The van der Waals surface area contributed by atoms with E-state index in [0.717, 1.165) is 32.8 Å². The van der Waals surface area contributed by atoms with Crippen LogP contribution < -0.4 is 19.5 Å². The molecule has 46 heavy (non-hydrogen) atoms. The Morgan fingerprint density at radius 3 is 2.07 bits per heavy atom. The number of hydrogen-bond donors (Lipinski definition) is 1. The molecule has 0 saturated heterocycles. The molecule has 4 aromatic carbocycles. The Hall–Kier alpha value is -4.87. The lowest BCUT2D eigenvalue weighted by molar-refractivity contribution is -0.141. The maximum absolute atomic E-state index is 14.2. The van der Waals surface area contributed by atoms with E-state index in [4.69, 9.17) is 14.2 Å². The van der Waals surface area contributed by atoms with Gasteiger partial charge in [-0.25, -0.2) is 8.42 Å². The Kier molecular flexibility index (Phi) is 10.6. The van der Waals surface area contributed by atoms with Gasteiger partial charge in [-0.2, -0.15) is 4.31 Å². The molecule has 1 N–H and O–H groups in total. The standard InChI is InChI=1S/C35H37N3O7S/c1-43-30-16-13-28(14-17-30)23-38(34(39)24-37(46(2,41)42)22-27-11-7-4-8-12-27)31(19-26-9-5-3-6-10-26)35(40)36-21-29-15-18-32-33(20-29)45-25-44-32/h3-18,20,31H,19,21-25H2,1-2H3,(H,36,40)/t31-/m1/s1. The van der Waals surface area contributed by atoms with E-state index >= 15 is 0 Å². The lowest BCUT2D eigenvalue weighted by atomic mass is 10.0. The summed E-state index contributed by atoms with van der Waals surface area (Å²) in [4.78, 5) is 29.8. The zero-order valence-corrected chi connectivity index (χ0v) is 26.6. The van der Waals surface area contributed by atoms with Crippen LogP contribution >= 0.6 is 0 Å². The van der Waals surface area contributed by atoms with Crippen LogP contribution in [0.4, 0.5) is 0 Å². The Morgan fingerprint density at radius 1 is 0.804 bits per heavy atom. The van der Waals surface area contributed by atoms with Crippen LogP contribution in [-0.2, 0) is 45.7 Å². The molecule has 4 aromatic rings. The number of rotatable bonds is 14. The summed E-state index contributed by atoms with van der Waals surface area (Å²) < 4.78 is 43.1. The number of benzene rings is 4. The normalized spacial score (nSPS) is 12.8. The summed E-state index contributed by atoms with van der Waals surface area (Å²) in [6, 6.07) is 30.2. The number of fused-ring (bicyclic) bond motifs is 1. The van der Waals surface area contributed by atoms with Crippen LogP contribution in [0.15, 0.2) is 103 Å². The van der Waals surface area contributed by atoms with Crippen LogP contribution in [0.1, 0.15) is 22.3 Å². The third kappa shape index (κ3) is 8.64. The lowest BCUT2D eigenvalue weighted by Crippen LogP contribution is -2.53. The van der Waals surface area contributed by atoms with E-state index in [2.05, 4.69) is 5.32 Å². The van der Waals surface area contributed by atoms with Gasteiger partial charge in [0.15, 0.2) is 11.5 Å². The molecule has 1 aliphatic rings. The van der Waals surface area contributed by atoms with Gasteiger partial charge in [0.1, 0.15) is 11.8 Å². The van der Waals surface area contributed by atoms with Crippen molar-refractivity contribution in [2.45, 2.75) is 32.1 Å². The Balaban J connectivity index is 1.45. The number of nitrogens with zero attached hydrogens (tertiary/aromatic N) is 2. The van der Waals surface area contributed by atoms with E-state index < -0.39 is 28.5 Å². The number of nitrogens with one attached hydrogen (secondary N) is 1. The van der Waals surface area contributed by atoms with E-state index in [9.17, 15) is 18.0 Å². The number of ether oxygens (including phenoxy) is 3. The molecule has 5 rings (SSSR count). The molecule has 0 bridgehead atoms. The van der Waals surface area contributed by atoms with Gasteiger partial charge in [-0.3, -0.25) is 9.59 Å². The molecule has 0 unspecified atom stereocenters. The topological polar surface area (TPSA) is 114 Å². The fourth-order valence-electron chi connectivity index (χ4n) is 5.16. The lowest BCUT2D eigenvalue weighted by Gasteiger charge is -2.33. The quantitative estimate of drug-likeness (QED) is 0.220. The van der Waals surface area contributed by atoms with Gasteiger partial charge in [0, 0.05) is 26.1 Å². The molecule has 11 heteroatoms. The van der Waals surface area contributed by atoms with Gasteiger partial charge >= 0.3 is 0 Å². The number of carbonyl (C=O) groups is 2. The van der Waals surface area contributed by atoms with Crippen molar-refractivity contribution in [2.75, 3.05) is 26.7 Å². The summed E-state index contributed by atoms with van der Waals surface area (Å²) in [5.74, 6) is 1.01. The fourth-order valence-corrected chi connectivity index (χ4v) is 5.89. The zero-order valence-electron chi connectivity index (χ0n) is 25.8. The van der Waals surface area contributed by atoms with Gasteiger partial charge in [-0.05, 0) is 46.5 Å². The van der Waals surface area contributed by atoms with Crippen molar-refractivity contribution in [3.8, 4) is 17.2 Å². The van der Waals surface area contributed by atoms with Crippen LogP contribution in [0.2, 0.25) is 0 Å². The first-order valence-corrected chi connectivity index (χ1v) is 16.7. The van der Waals surface area contributed by atoms with Gasteiger partial charge in [0.05, 0.1) is 19.9 Å². The highest BCUT2D eigenvalue weighted by Gasteiger charge is 2.33. The molecular formula is C35H37N3O7S. The van der Waals surface area contributed by atoms with Crippen LogP contribution in [0.3, 0.4) is 0 Å². The van der Waals surface area contributed by atoms with Gasteiger partial charge in [-0.15, -0.1) is 0 Å². The summed E-state index contributed by atoms with van der Waals surface area (Å²) in [7, 11) is -2.22. The number of amides is 2. The van der Waals surface area contributed by atoms with Crippen LogP contribution in [0, 0.1) is 0 Å². The first kappa shape index (κ1) is 32.5. The van der Waals surface area contributed by atoms with Crippen molar-refractivity contribution in [1.82, 2.24) is 14.5 Å². The summed E-state index contributed by atoms with van der Waals surface area (Å²) in [6.45, 7) is -0.0247. The predicted octanol–water partition coefficient (Wildman–Crippen LogP) is 4.14. The maximum atomic E-state index is 14.2. The third-order valence-corrected chi connectivity index (χ3v) is 8.87. The molecule has 240 valence electrons. The fraction of sp³-hybridized carbons (Fsp3) is 0.257. The molecule has 1 atom stereocenters. The molecular weight excluding hydrogens is 606 g/mol. The molecule has 0 aromatic heterocycles. The van der Waals surface area contributed by atoms with Crippen molar-refractivity contribution >= 4 is 21.8 Å². The molecule has 0 radical (unpaired) electrons. The first-order valence-electron chi connectivity index (χ1n) is 14.8. The second kappa shape index (κ2) is 14.9. The predicted molar refractivity (Wildman–Crippen MR) is 174 cm³/mol. The van der Waals surface area contributed by atoms with Crippen LogP contribution in [-0.4, -0.2) is 62.2 Å². The Labute approximate surface area is 269 Å². The van der Waals surface area contributed by atoms with Gasteiger partial charge in [0.25, 0.3) is 0 Å². The van der Waals surface area contributed by atoms with Crippen molar-refractivity contribution in [3.63, 3.8) is 0 Å². The molecule has 1 aliphatic heterocycles. The summed E-state index contributed by atoms with van der Waals surface area (Å²) >= 11 is 0. The van der Waals surface area contributed by atoms with E-state index in [1.807, 2.05) is 72.8 Å². The largest absolute Gasteiger partial charge is 0.497 e. The summed E-state index contributed by atoms with van der Waals surface area (Å²) in [5, 5.41) is 2.99. The van der Waals surface area contributed by atoms with E-state index in [0.29, 0.717) is 17.2 Å². The minimum atomic E-state index is -3.78. The van der Waals surface area contributed by atoms with Crippen molar-refractivity contribution in [3.05, 3.63) is 125 Å². The van der Waals surface area contributed by atoms with E-state index in [1.54, 1.807) is 37.4 Å². The highest BCUT2D eigenvalue weighted by atomic mass is 32.2. The Morgan fingerprint density at radius 2 is 1.41 bits per heavy atom. The average Bonchev–Trinajstić information content (AvgIpc) is 3.54. The van der Waals surface area contributed by atoms with Gasteiger partial charge in [-0.1, -0.05) is 78.9 Å². The highest BCUT2D eigenvalue weighted by molar-refractivity contribution is 7.88. The second-order valence-electron chi connectivity index (χ2n) is 11.0. The molecule has 0 saturated carbocycles.